The summed E-state index contributed by atoms with van der Waals surface area (Å²) in [5.41, 5.74) is -0.515. The number of carbonyl (C=O) groups excluding carboxylic acids is 1. The third kappa shape index (κ3) is 5.35. The van der Waals surface area contributed by atoms with E-state index in [-0.39, 0.29) is 17.8 Å². The minimum Gasteiger partial charge on any atom is -0.508 e. The number of ether oxygens (including phenoxy) is 2. The van der Waals surface area contributed by atoms with Crippen molar-refractivity contribution in [3.05, 3.63) is 24.3 Å². The van der Waals surface area contributed by atoms with Gasteiger partial charge in [0.05, 0.1) is 0 Å². The zero-order chi connectivity index (χ0) is 18.0. The molecule has 0 aliphatic carbocycles. The van der Waals surface area contributed by atoms with E-state index in [0.717, 1.165) is 0 Å². The zero-order valence-corrected chi connectivity index (χ0v) is 15.6. The molecule has 0 atom stereocenters. The van der Waals surface area contributed by atoms with Crippen LogP contribution in [0, 0.1) is 5.92 Å². The van der Waals surface area contributed by atoms with Crippen LogP contribution in [0.4, 0.5) is 4.79 Å². The van der Waals surface area contributed by atoms with Gasteiger partial charge in [-0.05, 0) is 57.9 Å². The van der Waals surface area contributed by atoms with Gasteiger partial charge in [0, 0.05) is 19.0 Å². The number of aromatic hydroxyl groups is 1. The molecule has 1 heterocycles. The number of amides is 1. The van der Waals surface area contributed by atoms with E-state index in [1.54, 1.807) is 17.0 Å². The molecule has 2 rings (SSSR count). The molecule has 134 valence electrons. The number of benzene rings is 1. The first-order chi connectivity index (χ1) is 11.1. The smallest absolute Gasteiger partial charge is 0.410 e. The van der Waals surface area contributed by atoms with Crippen LogP contribution < -0.4 is 4.74 Å². The highest BCUT2D eigenvalue weighted by Gasteiger charge is 2.40. The van der Waals surface area contributed by atoms with Crippen molar-refractivity contribution in [3.63, 3.8) is 0 Å². The molecule has 1 aliphatic rings. The summed E-state index contributed by atoms with van der Waals surface area (Å²) >= 11 is 12.7. The second kappa shape index (κ2) is 7.28. The van der Waals surface area contributed by atoms with E-state index in [2.05, 4.69) is 0 Å². The molecule has 0 saturated carbocycles. The van der Waals surface area contributed by atoms with E-state index in [0.29, 0.717) is 31.7 Å². The number of hydrogen-bond acceptors (Lipinski definition) is 4. The lowest BCUT2D eigenvalue weighted by atomic mass is 9.97. The molecule has 24 heavy (non-hydrogen) atoms. The van der Waals surface area contributed by atoms with Crippen molar-refractivity contribution >= 4 is 29.3 Å². The average molecular weight is 376 g/mol. The number of nitrogens with zero attached hydrogens (tertiary/aromatic N) is 1. The molecule has 0 bridgehead atoms. The lowest BCUT2D eigenvalue weighted by molar-refractivity contribution is 0.0131. The third-order valence-electron chi connectivity index (χ3n) is 3.71. The molecule has 1 aromatic rings. The van der Waals surface area contributed by atoms with Gasteiger partial charge in [-0.25, -0.2) is 4.79 Å². The Morgan fingerprint density at radius 1 is 1.17 bits per heavy atom. The van der Waals surface area contributed by atoms with Crippen LogP contribution in [-0.4, -0.2) is 39.3 Å². The number of alkyl halides is 2. The summed E-state index contributed by atoms with van der Waals surface area (Å²) in [7, 11) is 0. The molecular weight excluding hydrogens is 353 g/mol. The second-order valence-electron chi connectivity index (χ2n) is 6.90. The predicted octanol–water partition coefficient (Wildman–Crippen LogP) is 4.55. The van der Waals surface area contributed by atoms with Gasteiger partial charge >= 0.3 is 6.09 Å². The number of hydrogen-bond donors (Lipinski definition) is 1. The number of carbonyl (C=O) groups is 1. The fourth-order valence-corrected chi connectivity index (χ4v) is 3.09. The van der Waals surface area contributed by atoms with Crippen LogP contribution >= 0.6 is 23.2 Å². The van der Waals surface area contributed by atoms with Crippen molar-refractivity contribution < 1.29 is 19.4 Å². The number of halogens is 2. The van der Waals surface area contributed by atoms with Crippen LogP contribution in [0.25, 0.3) is 0 Å². The van der Waals surface area contributed by atoms with E-state index in [1.807, 2.05) is 20.8 Å². The zero-order valence-electron chi connectivity index (χ0n) is 14.1. The van der Waals surface area contributed by atoms with E-state index >= 15 is 0 Å². The summed E-state index contributed by atoms with van der Waals surface area (Å²) in [5, 5.41) is 9.29. The quantitative estimate of drug-likeness (QED) is 0.787. The highest BCUT2D eigenvalue weighted by molar-refractivity contribution is 6.47. The van der Waals surface area contributed by atoms with Crippen LogP contribution in [0.1, 0.15) is 33.6 Å². The Morgan fingerprint density at radius 3 is 2.21 bits per heavy atom. The van der Waals surface area contributed by atoms with Crippen molar-refractivity contribution in [1.82, 2.24) is 4.90 Å². The van der Waals surface area contributed by atoms with E-state index in [1.165, 1.54) is 12.1 Å². The molecule has 1 saturated heterocycles. The number of rotatable bonds is 3. The fraction of sp³-hybridized carbons (Fsp3) is 0.588. The molecule has 0 radical (unpaired) electrons. The molecule has 5 nitrogen and oxygen atoms in total. The predicted molar refractivity (Wildman–Crippen MR) is 93.7 cm³/mol. The summed E-state index contributed by atoms with van der Waals surface area (Å²) in [6, 6.07) is 6.21. The Labute approximate surface area is 152 Å². The molecule has 1 fully saturated rings. The molecule has 0 spiro atoms. The maximum absolute atomic E-state index is 12.1. The molecule has 1 aliphatic heterocycles. The maximum atomic E-state index is 12.1. The Hall–Kier alpha value is -1.33. The Balaban J connectivity index is 1.90. The summed E-state index contributed by atoms with van der Waals surface area (Å²) in [6.07, 6.45) is 0.907. The van der Waals surface area contributed by atoms with Gasteiger partial charge in [0.15, 0.2) is 0 Å². The summed E-state index contributed by atoms with van der Waals surface area (Å²) in [6.45, 7) is 6.54. The summed E-state index contributed by atoms with van der Waals surface area (Å²) < 4.78 is 9.64. The van der Waals surface area contributed by atoms with Gasteiger partial charge in [-0.2, -0.15) is 0 Å². The molecular formula is C17H23Cl2NO4. The standard InChI is InChI=1S/C17H23Cl2NO4/c1-16(2,3)24-15(22)20-10-8-12(9-11-20)17(18,19)23-14-6-4-13(21)5-7-14/h4-7,12,21H,8-11H2,1-3H3. The first-order valence-electron chi connectivity index (χ1n) is 7.90. The number of phenols is 1. The summed E-state index contributed by atoms with van der Waals surface area (Å²) in [5.74, 6) is 0.503. The molecule has 1 aromatic carbocycles. The molecule has 0 unspecified atom stereocenters. The van der Waals surface area contributed by atoms with Gasteiger partial charge in [0.25, 0.3) is 4.52 Å². The first kappa shape index (κ1) is 19.0. The fourth-order valence-electron chi connectivity index (χ4n) is 2.48. The largest absolute Gasteiger partial charge is 0.508 e. The van der Waals surface area contributed by atoms with Crippen LogP contribution in [-0.2, 0) is 4.74 Å². The van der Waals surface area contributed by atoms with Gasteiger partial charge in [0.2, 0.25) is 0 Å². The van der Waals surface area contributed by atoms with E-state index in [9.17, 15) is 9.90 Å². The topological polar surface area (TPSA) is 59.0 Å². The van der Waals surface area contributed by atoms with Crippen molar-refractivity contribution in [2.24, 2.45) is 5.92 Å². The average Bonchev–Trinajstić information content (AvgIpc) is 2.48. The van der Waals surface area contributed by atoms with Crippen molar-refractivity contribution in [3.8, 4) is 11.5 Å². The Morgan fingerprint density at radius 2 is 1.71 bits per heavy atom. The summed E-state index contributed by atoms with van der Waals surface area (Å²) in [4.78, 5) is 13.7. The highest BCUT2D eigenvalue weighted by Crippen LogP contribution is 2.39. The number of phenolic OH excluding ortho intramolecular Hbond substituents is 1. The minimum absolute atomic E-state index is 0.117. The van der Waals surface area contributed by atoms with Gasteiger partial charge < -0.3 is 19.5 Å². The van der Waals surface area contributed by atoms with Crippen molar-refractivity contribution in [2.45, 2.75) is 43.7 Å². The molecule has 7 heteroatoms. The maximum Gasteiger partial charge on any atom is 0.410 e. The first-order valence-corrected chi connectivity index (χ1v) is 8.66. The monoisotopic (exact) mass is 375 g/mol. The van der Waals surface area contributed by atoms with E-state index in [4.69, 9.17) is 32.7 Å². The van der Waals surface area contributed by atoms with Crippen LogP contribution in [0.5, 0.6) is 11.5 Å². The van der Waals surface area contributed by atoms with E-state index < -0.39 is 10.1 Å². The lowest BCUT2D eigenvalue weighted by Crippen LogP contribution is -2.46. The molecule has 1 amide bonds. The highest BCUT2D eigenvalue weighted by atomic mass is 35.5. The van der Waals surface area contributed by atoms with Gasteiger partial charge in [0.1, 0.15) is 17.1 Å². The van der Waals surface area contributed by atoms with Gasteiger partial charge in [-0.3, -0.25) is 0 Å². The molecule has 1 N–H and O–H groups in total. The number of likely N-dealkylation sites (tertiary alicyclic amines) is 1. The minimum atomic E-state index is -1.39. The van der Waals surface area contributed by atoms with Crippen molar-refractivity contribution in [2.75, 3.05) is 13.1 Å². The lowest BCUT2D eigenvalue weighted by Gasteiger charge is -2.37. The van der Waals surface area contributed by atoms with Gasteiger partial charge in [-0.1, -0.05) is 23.2 Å². The normalized spacial score (nSPS) is 16.8. The SMILES string of the molecule is CC(C)(C)OC(=O)N1CCC(C(Cl)(Cl)Oc2ccc(O)cc2)CC1. The Kier molecular flexibility index (Phi) is 5.76. The van der Waals surface area contributed by atoms with Gasteiger partial charge in [-0.15, -0.1) is 0 Å². The second-order valence-corrected chi connectivity index (χ2v) is 8.22. The molecule has 0 aromatic heterocycles. The Bertz CT molecular complexity index is 561. The van der Waals surface area contributed by atoms with Crippen LogP contribution in [0.15, 0.2) is 24.3 Å². The number of piperidine rings is 1. The van der Waals surface area contributed by atoms with Crippen molar-refractivity contribution in [1.29, 1.82) is 0 Å². The van der Waals surface area contributed by atoms with Crippen LogP contribution in [0.3, 0.4) is 0 Å². The van der Waals surface area contributed by atoms with Crippen LogP contribution in [0.2, 0.25) is 0 Å². The third-order valence-corrected chi connectivity index (χ3v) is 4.48.